The van der Waals surface area contributed by atoms with E-state index in [1.807, 2.05) is 12.1 Å². The highest BCUT2D eigenvalue weighted by atomic mass is 32.2. The largest absolute Gasteiger partial charge is 0.458 e. The highest BCUT2D eigenvalue weighted by Gasteiger charge is 2.31. The van der Waals surface area contributed by atoms with Gasteiger partial charge in [0.2, 0.25) is 0 Å². The molecular formula is C19H18O4S2. The first kappa shape index (κ1) is 17.9. The van der Waals surface area contributed by atoms with E-state index in [0.717, 1.165) is 11.5 Å². The number of rotatable bonds is 6. The third kappa shape index (κ3) is 5.03. The van der Waals surface area contributed by atoms with E-state index in [4.69, 9.17) is 9.47 Å². The van der Waals surface area contributed by atoms with Gasteiger partial charge in [-0.2, -0.15) is 0 Å². The summed E-state index contributed by atoms with van der Waals surface area (Å²) in [4.78, 5) is 24.5. The fourth-order valence-corrected chi connectivity index (χ4v) is 5.25. The maximum absolute atomic E-state index is 12.3. The smallest absolute Gasteiger partial charge is 0.338 e. The topological polar surface area (TPSA) is 52.6 Å². The summed E-state index contributed by atoms with van der Waals surface area (Å²) in [5, 5.41) is 0. The van der Waals surface area contributed by atoms with E-state index in [0.29, 0.717) is 11.1 Å². The van der Waals surface area contributed by atoms with Crippen LogP contribution < -0.4 is 0 Å². The molecule has 1 aliphatic rings. The summed E-state index contributed by atoms with van der Waals surface area (Å²) in [6.07, 6.45) is -0.474. The maximum Gasteiger partial charge on any atom is 0.338 e. The first-order valence-corrected chi connectivity index (χ1v) is 10.1. The van der Waals surface area contributed by atoms with E-state index in [9.17, 15) is 9.59 Å². The van der Waals surface area contributed by atoms with E-state index < -0.39 is 18.0 Å². The van der Waals surface area contributed by atoms with Crippen LogP contribution in [0.3, 0.4) is 0 Å². The molecule has 25 heavy (non-hydrogen) atoms. The van der Waals surface area contributed by atoms with Gasteiger partial charge in [0.05, 0.1) is 15.7 Å². The minimum Gasteiger partial charge on any atom is -0.458 e. The molecule has 0 amide bonds. The third-order valence-corrected chi connectivity index (χ3v) is 6.83. The number of benzene rings is 2. The van der Waals surface area contributed by atoms with E-state index >= 15 is 0 Å². The second-order valence-corrected chi connectivity index (χ2v) is 8.18. The van der Waals surface area contributed by atoms with Gasteiger partial charge in [-0.1, -0.05) is 36.4 Å². The van der Waals surface area contributed by atoms with Crippen LogP contribution in [0.1, 0.15) is 20.7 Å². The van der Waals surface area contributed by atoms with Crippen molar-refractivity contribution in [2.45, 2.75) is 10.7 Å². The van der Waals surface area contributed by atoms with Gasteiger partial charge in [0.25, 0.3) is 0 Å². The zero-order valence-corrected chi connectivity index (χ0v) is 15.1. The summed E-state index contributed by atoms with van der Waals surface area (Å²) < 4.78 is 11.1. The van der Waals surface area contributed by atoms with Gasteiger partial charge in [-0.3, -0.25) is 0 Å². The number of esters is 2. The fraction of sp³-hybridized carbons (Fsp3) is 0.263. The Morgan fingerprint density at radius 2 is 1.40 bits per heavy atom. The molecule has 1 unspecified atom stereocenters. The van der Waals surface area contributed by atoms with Crippen LogP contribution in [0, 0.1) is 0 Å². The second-order valence-electron chi connectivity index (χ2n) is 5.38. The van der Waals surface area contributed by atoms with E-state index in [-0.39, 0.29) is 11.2 Å². The predicted molar refractivity (Wildman–Crippen MR) is 101 cm³/mol. The quantitative estimate of drug-likeness (QED) is 0.716. The molecule has 2 aromatic rings. The Bertz CT molecular complexity index is 700. The lowest BCUT2D eigenvalue weighted by Crippen LogP contribution is -2.32. The molecule has 0 N–H and O–H groups in total. The average Bonchev–Trinajstić information content (AvgIpc) is 3.20. The molecule has 0 aliphatic carbocycles. The SMILES string of the molecule is O=C(OCC(OC(=O)c1ccccc1)C1SCCS1)c1ccccc1. The molecule has 0 aromatic heterocycles. The van der Waals surface area contributed by atoms with E-state index in [1.54, 1.807) is 72.1 Å². The Kier molecular flexibility index (Phi) is 6.42. The summed E-state index contributed by atoms with van der Waals surface area (Å²) in [5.74, 6) is 1.20. The van der Waals surface area contributed by atoms with Gasteiger partial charge < -0.3 is 9.47 Å². The minimum atomic E-state index is -0.474. The fourth-order valence-electron chi connectivity index (χ4n) is 2.35. The molecule has 0 bridgehead atoms. The molecular weight excluding hydrogens is 356 g/mol. The van der Waals surface area contributed by atoms with Gasteiger partial charge in [0, 0.05) is 11.5 Å². The van der Waals surface area contributed by atoms with Crippen molar-refractivity contribution in [1.82, 2.24) is 0 Å². The van der Waals surface area contributed by atoms with Crippen LogP contribution in [0.25, 0.3) is 0 Å². The summed E-state index contributed by atoms with van der Waals surface area (Å²) >= 11 is 3.46. The van der Waals surface area contributed by atoms with Crippen molar-refractivity contribution in [3.8, 4) is 0 Å². The molecule has 0 saturated carbocycles. The molecule has 2 aromatic carbocycles. The summed E-state index contributed by atoms with van der Waals surface area (Å²) in [5.41, 5.74) is 0.984. The second kappa shape index (κ2) is 8.97. The van der Waals surface area contributed by atoms with Crippen molar-refractivity contribution in [2.24, 2.45) is 0 Å². The van der Waals surface area contributed by atoms with Crippen LogP contribution in [-0.2, 0) is 9.47 Å². The van der Waals surface area contributed by atoms with Gasteiger partial charge in [-0.25, -0.2) is 9.59 Å². The van der Waals surface area contributed by atoms with Gasteiger partial charge in [-0.15, -0.1) is 23.5 Å². The lowest BCUT2D eigenvalue weighted by molar-refractivity contribution is 0.00393. The maximum atomic E-state index is 12.3. The van der Waals surface area contributed by atoms with Crippen LogP contribution in [0.15, 0.2) is 60.7 Å². The number of ether oxygens (including phenoxy) is 2. The Morgan fingerprint density at radius 3 is 1.96 bits per heavy atom. The van der Waals surface area contributed by atoms with Gasteiger partial charge in [0.15, 0.2) is 6.10 Å². The Balaban J connectivity index is 1.63. The molecule has 1 heterocycles. The average molecular weight is 374 g/mol. The number of thioether (sulfide) groups is 2. The van der Waals surface area contributed by atoms with Crippen molar-refractivity contribution < 1.29 is 19.1 Å². The van der Waals surface area contributed by atoms with Crippen molar-refractivity contribution in [3.63, 3.8) is 0 Å². The van der Waals surface area contributed by atoms with Crippen molar-refractivity contribution in [1.29, 1.82) is 0 Å². The predicted octanol–water partition coefficient (Wildman–Crippen LogP) is 3.88. The van der Waals surface area contributed by atoms with E-state index in [2.05, 4.69) is 0 Å². The van der Waals surface area contributed by atoms with Gasteiger partial charge in [-0.05, 0) is 24.3 Å². The number of carbonyl (C=O) groups excluding carboxylic acids is 2. The van der Waals surface area contributed by atoms with Gasteiger partial charge >= 0.3 is 11.9 Å². The Morgan fingerprint density at radius 1 is 0.880 bits per heavy atom. The van der Waals surface area contributed by atoms with Gasteiger partial charge in [0.1, 0.15) is 6.61 Å². The zero-order chi connectivity index (χ0) is 17.5. The lowest BCUT2D eigenvalue weighted by atomic mass is 10.2. The molecule has 4 nitrogen and oxygen atoms in total. The van der Waals surface area contributed by atoms with Crippen LogP contribution in [0.4, 0.5) is 0 Å². The summed E-state index contributed by atoms with van der Waals surface area (Å²) in [6, 6.07) is 17.7. The molecule has 130 valence electrons. The standard InChI is InChI=1S/C19H18O4S2/c20-17(14-7-3-1-4-8-14)22-13-16(19-24-11-12-25-19)23-18(21)15-9-5-2-6-10-15/h1-10,16,19H,11-13H2. The van der Waals surface area contributed by atoms with Crippen LogP contribution in [-0.4, -0.2) is 40.7 Å². The zero-order valence-electron chi connectivity index (χ0n) is 13.5. The lowest BCUT2D eigenvalue weighted by Gasteiger charge is -2.22. The number of carbonyl (C=O) groups is 2. The normalized spacial score (nSPS) is 15.5. The molecule has 1 saturated heterocycles. The first-order chi connectivity index (χ1) is 12.2. The Hall–Kier alpha value is -1.92. The van der Waals surface area contributed by atoms with Crippen LogP contribution in [0.2, 0.25) is 0 Å². The van der Waals surface area contributed by atoms with Crippen molar-refractivity contribution in [2.75, 3.05) is 18.1 Å². The molecule has 3 rings (SSSR count). The molecule has 1 aliphatic heterocycles. The van der Waals surface area contributed by atoms with Crippen molar-refractivity contribution in [3.05, 3.63) is 71.8 Å². The van der Waals surface area contributed by atoms with Crippen LogP contribution >= 0.6 is 23.5 Å². The van der Waals surface area contributed by atoms with Crippen molar-refractivity contribution >= 4 is 35.5 Å². The summed E-state index contributed by atoms with van der Waals surface area (Å²) in [7, 11) is 0. The molecule has 0 radical (unpaired) electrons. The molecule has 0 spiro atoms. The highest BCUT2D eigenvalue weighted by Crippen LogP contribution is 2.36. The monoisotopic (exact) mass is 374 g/mol. The number of hydrogen-bond donors (Lipinski definition) is 0. The first-order valence-electron chi connectivity index (χ1n) is 7.95. The molecule has 1 fully saturated rings. The Labute approximate surface area is 155 Å². The minimum absolute atomic E-state index is 0.0525. The number of hydrogen-bond acceptors (Lipinski definition) is 6. The summed E-state index contributed by atoms with van der Waals surface area (Å²) in [6.45, 7) is 0.0525. The molecule has 1 atom stereocenters. The molecule has 6 heteroatoms. The van der Waals surface area contributed by atoms with Crippen LogP contribution in [0.5, 0.6) is 0 Å². The third-order valence-electron chi connectivity index (χ3n) is 3.61. The van der Waals surface area contributed by atoms with E-state index in [1.165, 1.54) is 0 Å². The highest BCUT2D eigenvalue weighted by molar-refractivity contribution is 8.20.